The molecule has 6 nitrogen and oxygen atoms in total. The normalized spacial score (nSPS) is 10.7. The van der Waals surface area contributed by atoms with Crippen molar-refractivity contribution in [1.82, 2.24) is 10.4 Å². The minimum atomic E-state index is -0.326. The maximum atomic E-state index is 12.0. The number of pyridine rings is 1. The Morgan fingerprint density at radius 1 is 1.10 bits per heavy atom. The summed E-state index contributed by atoms with van der Waals surface area (Å²) in [7, 11) is 0. The number of hydrazone groups is 1. The van der Waals surface area contributed by atoms with Gasteiger partial charge < -0.3 is 10.1 Å². The fourth-order valence-electron chi connectivity index (χ4n) is 2.35. The molecule has 0 aliphatic heterocycles. The lowest BCUT2D eigenvalue weighted by molar-refractivity contribution is -0.119. The molecule has 0 aliphatic rings. The number of nitrogens with one attached hydrogen (secondary N) is 2. The van der Waals surface area contributed by atoms with Crippen molar-refractivity contribution in [2.75, 3.05) is 11.9 Å². The molecule has 0 radical (unpaired) electrons. The fourth-order valence-corrected chi connectivity index (χ4v) is 2.81. The first kappa shape index (κ1) is 20.6. The Hall–Kier alpha value is -3.09. The number of benzene rings is 2. The molecule has 2 aromatic carbocycles. The van der Waals surface area contributed by atoms with Crippen molar-refractivity contribution in [3.8, 4) is 11.5 Å². The van der Waals surface area contributed by atoms with Crippen LogP contribution in [0.2, 0.25) is 10.0 Å². The first-order valence-corrected chi connectivity index (χ1v) is 9.46. The number of rotatable bonds is 7. The molecule has 0 unspecified atom stereocenters. The highest BCUT2D eigenvalue weighted by Gasteiger charge is 2.05. The van der Waals surface area contributed by atoms with Crippen LogP contribution < -0.4 is 15.5 Å². The van der Waals surface area contributed by atoms with E-state index in [0.29, 0.717) is 21.4 Å². The van der Waals surface area contributed by atoms with Crippen molar-refractivity contribution in [3.63, 3.8) is 0 Å². The van der Waals surface area contributed by atoms with Crippen LogP contribution in [-0.4, -0.2) is 23.7 Å². The first-order chi connectivity index (χ1) is 14.0. The molecule has 0 saturated heterocycles. The highest BCUT2D eigenvalue weighted by Crippen LogP contribution is 2.24. The van der Waals surface area contributed by atoms with Crippen molar-refractivity contribution in [1.29, 1.82) is 0 Å². The predicted molar refractivity (Wildman–Crippen MR) is 116 cm³/mol. The zero-order valence-electron chi connectivity index (χ0n) is 15.5. The van der Waals surface area contributed by atoms with Gasteiger partial charge in [0.05, 0.1) is 22.8 Å². The van der Waals surface area contributed by atoms with Gasteiger partial charge in [0.25, 0.3) is 5.91 Å². The van der Waals surface area contributed by atoms with Gasteiger partial charge in [-0.1, -0.05) is 47.0 Å². The minimum absolute atomic E-state index is 0.0309. The number of anilines is 1. The van der Waals surface area contributed by atoms with Gasteiger partial charge in [-0.15, -0.1) is 0 Å². The number of hydrogen-bond acceptors (Lipinski definition) is 5. The largest absolute Gasteiger partial charge is 0.457 e. The highest BCUT2D eigenvalue weighted by atomic mass is 35.5. The van der Waals surface area contributed by atoms with E-state index in [9.17, 15) is 4.79 Å². The quantitative estimate of drug-likeness (QED) is 0.407. The van der Waals surface area contributed by atoms with Gasteiger partial charge in [0.1, 0.15) is 11.5 Å². The van der Waals surface area contributed by atoms with E-state index in [-0.39, 0.29) is 12.5 Å². The molecule has 0 fully saturated rings. The number of carbonyl (C=O) groups is 1. The number of carbonyl (C=O) groups excluding carboxylic acids is 1. The van der Waals surface area contributed by atoms with Gasteiger partial charge in [-0.2, -0.15) is 5.10 Å². The standard InChI is InChI=1S/C21H18Cl2N4O2/c1-14-5-7-16(8-6-14)29-17-4-2-3-15(9-17)25-13-21(28)27-26-10-18-19(22)11-24-12-20(18)23/h2-12,25H,13H2,1H3,(H,27,28). The molecular weight excluding hydrogens is 411 g/mol. The zero-order valence-corrected chi connectivity index (χ0v) is 17.0. The molecule has 0 saturated carbocycles. The lowest BCUT2D eigenvalue weighted by Gasteiger charge is -2.09. The SMILES string of the molecule is Cc1ccc(Oc2cccc(NCC(=O)NN=Cc3c(Cl)cncc3Cl)c2)cc1. The van der Waals surface area contributed by atoms with Crippen molar-refractivity contribution >= 4 is 41.0 Å². The number of amides is 1. The van der Waals surface area contributed by atoms with Crippen LogP contribution in [0.15, 0.2) is 66.0 Å². The monoisotopic (exact) mass is 428 g/mol. The Balaban J connectivity index is 1.52. The van der Waals surface area contributed by atoms with Crippen LogP contribution in [0, 0.1) is 6.92 Å². The number of ether oxygens (including phenoxy) is 1. The van der Waals surface area contributed by atoms with Crippen molar-refractivity contribution < 1.29 is 9.53 Å². The number of hydrogen-bond donors (Lipinski definition) is 2. The Kier molecular flexibility index (Phi) is 7.05. The third-order valence-electron chi connectivity index (χ3n) is 3.82. The van der Waals surface area contributed by atoms with E-state index < -0.39 is 0 Å². The van der Waals surface area contributed by atoms with Crippen LogP contribution in [0.3, 0.4) is 0 Å². The molecule has 1 aromatic heterocycles. The number of aromatic nitrogens is 1. The molecule has 0 spiro atoms. The van der Waals surface area contributed by atoms with Gasteiger partial charge in [-0.25, -0.2) is 5.43 Å². The summed E-state index contributed by atoms with van der Waals surface area (Å²) in [6.07, 6.45) is 4.27. The summed E-state index contributed by atoms with van der Waals surface area (Å²) in [5, 5.41) is 7.59. The number of aryl methyl sites for hydroxylation is 1. The van der Waals surface area contributed by atoms with Gasteiger partial charge in [0.15, 0.2) is 0 Å². The Bertz CT molecular complexity index is 1000. The summed E-state index contributed by atoms with van der Waals surface area (Å²) in [4.78, 5) is 15.8. The molecule has 0 bridgehead atoms. The van der Waals surface area contributed by atoms with Crippen LogP contribution in [0.25, 0.3) is 0 Å². The Labute approximate surface area is 178 Å². The molecule has 1 amide bonds. The van der Waals surface area contributed by atoms with E-state index in [1.54, 1.807) is 0 Å². The van der Waals surface area contributed by atoms with Crippen LogP contribution in [0.5, 0.6) is 11.5 Å². The third kappa shape index (κ3) is 6.20. The summed E-state index contributed by atoms with van der Waals surface area (Å²) in [5.74, 6) is 1.08. The van der Waals surface area contributed by atoms with Crippen LogP contribution in [0.4, 0.5) is 5.69 Å². The predicted octanol–water partition coefficient (Wildman–Crippen LogP) is 5.05. The molecule has 3 rings (SSSR count). The summed E-state index contributed by atoms with van der Waals surface area (Å²) in [6.45, 7) is 2.05. The van der Waals surface area contributed by atoms with E-state index in [1.807, 2.05) is 55.5 Å². The average molecular weight is 429 g/mol. The molecule has 29 heavy (non-hydrogen) atoms. The molecule has 1 heterocycles. The van der Waals surface area contributed by atoms with E-state index in [2.05, 4.69) is 20.8 Å². The minimum Gasteiger partial charge on any atom is -0.457 e. The molecule has 148 valence electrons. The zero-order chi connectivity index (χ0) is 20.6. The van der Waals surface area contributed by atoms with E-state index in [0.717, 1.165) is 17.0 Å². The molecule has 2 N–H and O–H groups in total. The van der Waals surface area contributed by atoms with Gasteiger partial charge >= 0.3 is 0 Å². The Morgan fingerprint density at radius 2 is 1.83 bits per heavy atom. The van der Waals surface area contributed by atoms with Crippen molar-refractivity contribution in [2.45, 2.75) is 6.92 Å². The van der Waals surface area contributed by atoms with Crippen LogP contribution >= 0.6 is 23.2 Å². The second-order valence-electron chi connectivity index (χ2n) is 6.11. The lowest BCUT2D eigenvalue weighted by atomic mass is 10.2. The summed E-state index contributed by atoms with van der Waals surface area (Å²) in [5.41, 5.74) is 4.80. The molecule has 0 atom stereocenters. The Morgan fingerprint density at radius 3 is 2.55 bits per heavy atom. The lowest BCUT2D eigenvalue weighted by Crippen LogP contribution is -2.25. The van der Waals surface area contributed by atoms with Crippen molar-refractivity contribution in [3.05, 3.63) is 82.1 Å². The maximum Gasteiger partial charge on any atom is 0.259 e. The molecular formula is C21H18Cl2N4O2. The van der Waals surface area contributed by atoms with Crippen LogP contribution in [-0.2, 0) is 4.79 Å². The van der Waals surface area contributed by atoms with Crippen molar-refractivity contribution in [2.24, 2.45) is 5.10 Å². The summed E-state index contributed by atoms with van der Waals surface area (Å²) in [6, 6.07) is 15.1. The first-order valence-electron chi connectivity index (χ1n) is 8.70. The van der Waals surface area contributed by atoms with E-state index in [4.69, 9.17) is 27.9 Å². The van der Waals surface area contributed by atoms with Crippen LogP contribution in [0.1, 0.15) is 11.1 Å². The second kappa shape index (κ2) is 9.91. The summed E-state index contributed by atoms with van der Waals surface area (Å²) < 4.78 is 5.82. The highest BCUT2D eigenvalue weighted by molar-refractivity contribution is 6.38. The molecule has 3 aromatic rings. The van der Waals surface area contributed by atoms with Gasteiger partial charge in [0.2, 0.25) is 0 Å². The van der Waals surface area contributed by atoms with E-state index in [1.165, 1.54) is 18.6 Å². The smallest absolute Gasteiger partial charge is 0.259 e. The van der Waals surface area contributed by atoms with Gasteiger partial charge in [-0.05, 0) is 31.2 Å². The van der Waals surface area contributed by atoms with Gasteiger partial charge in [-0.3, -0.25) is 9.78 Å². The second-order valence-corrected chi connectivity index (χ2v) is 6.92. The molecule has 0 aliphatic carbocycles. The number of nitrogens with zero attached hydrogens (tertiary/aromatic N) is 2. The topological polar surface area (TPSA) is 75.6 Å². The average Bonchev–Trinajstić information content (AvgIpc) is 2.71. The molecule has 8 heteroatoms. The fraction of sp³-hybridized carbons (Fsp3) is 0.0952. The maximum absolute atomic E-state index is 12.0. The van der Waals surface area contributed by atoms with Gasteiger partial charge in [0, 0.05) is 29.7 Å². The summed E-state index contributed by atoms with van der Waals surface area (Å²) >= 11 is 12.0. The third-order valence-corrected chi connectivity index (χ3v) is 4.42. The number of halogens is 2. The van der Waals surface area contributed by atoms with E-state index >= 15 is 0 Å².